The van der Waals surface area contributed by atoms with Gasteiger partial charge in [-0.1, -0.05) is 30.0 Å². The van der Waals surface area contributed by atoms with Gasteiger partial charge in [0.05, 0.1) is 11.9 Å². The van der Waals surface area contributed by atoms with Crippen LogP contribution in [0.1, 0.15) is 10.5 Å². The molecule has 0 fully saturated rings. The van der Waals surface area contributed by atoms with Crippen molar-refractivity contribution in [3.8, 4) is 17.1 Å². The summed E-state index contributed by atoms with van der Waals surface area (Å²) in [4.78, 5) is 36.0. The van der Waals surface area contributed by atoms with Crippen molar-refractivity contribution in [2.45, 2.75) is 5.16 Å². The number of rotatable bonds is 6. The standard InChI is InChI=1S/C20H16N8O2S/c29-17(24-26-19(30)16-12-22-9-10-23-16)13-31-20-27-25-18(14-5-4-8-21-11-14)28(20)15-6-2-1-3-7-15/h1-12H,13H2,(H,24,29)(H,26,30). The van der Waals surface area contributed by atoms with E-state index in [1.165, 1.54) is 30.4 Å². The fourth-order valence-electron chi connectivity index (χ4n) is 2.63. The second-order valence-electron chi connectivity index (χ2n) is 6.10. The Bertz CT molecular complexity index is 1170. The van der Waals surface area contributed by atoms with Gasteiger partial charge in [0.1, 0.15) is 5.69 Å². The van der Waals surface area contributed by atoms with Crippen LogP contribution in [-0.4, -0.2) is 47.3 Å². The maximum absolute atomic E-state index is 12.2. The van der Waals surface area contributed by atoms with Crippen LogP contribution in [0.15, 0.2) is 78.6 Å². The molecule has 0 bridgehead atoms. The Labute approximate surface area is 181 Å². The number of nitrogens with zero attached hydrogens (tertiary/aromatic N) is 6. The van der Waals surface area contributed by atoms with E-state index < -0.39 is 11.8 Å². The summed E-state index contributed by atoms with van der Waals surface area (Å²) in [6.45, 7) is 0. The van der Waals surface area contributed by atoms with E-state index in [1.807, 2.05) is 47.0 Å². The van der Waals surface area contributed by atoms with Gasteiger partial charge < -0.3 is 0 Å². The number of carbonyl (C=O) groups is 2. The number of aromatic nitrogens is 6. The number of hydrazine groups is 1. The molecule has 0 radical (unpaired) electrons. The number of para-hydroxylation sites is 1. The molecule has 154 valence electrons. The summed E-state index contributed by atoms with van der Waals surface area (Å²) in [5.74, 6) is -0.345. The highest BCUT2D eigenvalue weighted by molar-refractivity contribution is 7.99. The molecule has 0 aliphatic heterocycles. The van der Waals surface area contributed by atoms with Crippen LogP contribution in [0.2, 0.25) is 0 Å². The first kappa shape index (κ1) is 20.2. The highest BCUT2D eigenvalue weighted by atomic mass is 32.2. The topological polar surface area (TPSA) is 128 Å². The molecule has 3 aromatic heterocycles. The molecule has 2 N–H and O–H groups in total. The zero-order valence-electron chi connectivity index (χ0n) is 16.0. The summed E-state index contributed by atoms with van der Waals surface area (Å²) < 4.78 is 1.85. The number of pyridine rings is 1. The van der Waals surface area contributed by atoms with E-state index in [2.05, 4.69) is 36.0 Å². The number of benzene rings is 1. The van der Waals surface area contributed by atoms with Gasteiger partial charge in [0, 0.05) is 36.0 Å². The second-order valence-corrected chi connectivity index (χ2v) is 7.04. The lowest BCUT2D eigenvalue weighted by Gasteiger charge is -2.10. The number of carbonyl (C=O) groups excluding carboxylic acids is 2. The fourth-order valence-corrected chi connectivity index (χ4v) is 3.38. The molecule has 1 aromatic carbocycles. The van der Waals surface area contributed by atoms with E-state index >= 15 is 0 Å². The zero-order valence-corrected chi connectivity index (χ0v) is 16.9. The Hall–Kier alpha value is -4.12. The van der Waals surface area contributed by atoms with Crippen molar-refractivity contribution in [1.29, 1.82) is 0 Å². The van der Waals surface area contributed by atoms with Gasteiger partial charge in [0.15, 0.2) is 11.0 Å². The first-order valence-electron chi connectivity index (χ1n) is 9.11. The molecule has 0 saturated heterocycles. The zero-order chi connectivity index (χ0) is 21.5. The summed E-state index contributed by atoms with van der Waals surface area (Å²) in [5.41, 5.74) is 6.41. The summed E-state index contributed by atoms with van der Waals surface area (Å²) in [6, 6.07) is 13.3. The quantitative estimate of drug-likeness (QED) is 0.348. The second kappa shape index (κ2) is 9.59. The number of hydrogen-bond donors (Lipinski definition) is 2. The molecule has 2 amide bonds. The van der Waals surface area contributed by atoms with Crippen LogP contribution in [0, 0.1) is 0 Å². The fraction of sp³-hybridized carbons (Fsp3) is 0.0500. The van der Waals surface area contributed by atoms with Crippen molar-refractivity contribution >= 4 is 23.6 Å². The smallest absolute Gasteiger partial charge is 0.272 e. The number of hydrogen-bond acceptors (Lipinski definition) is 8. The van der Waals surface area contributed by atoms with Gasteiger partial charge in [-0.15, -0.1) is 10.2 Å². The van der Waals surface area contributed by atoms with Crippen molar-refractivity contribution in [2.24, 2.45) is 0 Å². The van der Waals surface area contributed by atoms with E-state index in [1.54, 1.807) is 12.4 Å². The molecule has 11 heteroatoms. The van der Waals surface area contributed by atoms with Crippen molar-refractivity contribution in [3.05, 3.63) is 79.1 Å². The van der Waals surface area contributed by atoms with E-state index in [0.717, 1.165) is 11.3 Å². The van der Waals surface area contributed by atoms with Crippen LogP contribution in [0.25, 0.3) is 17.1 Å². The average Bonchev–Trinajstić information content (AvgIpc) is 3.27. The summed E-state index contributed by atoms with van der Waals surface area (Å²) >= 11 is 1.19. The molecule has 0 aliphatic rings. The molecule has 31 heavy (non-hydrogen) atoms. The molecular weight excluding hydrogens is 416 g/mol. The first-order chi connectivity index (χ1) is 15.2. The SMILES string of the molecule is O=C(CSc1nnc(-c2cccnc2)n1-c1ccccc1)NNC(=O)c1cnccn1. The Morgan fingerprint density at radius 3 is 2.48 bits per heavy atom. The molecule has 0 spiro atoms. The van der Waals surface area contributed by atoms with Crippen molar-refractivity contribution in [3.63, 3.8) is 0 Å². The van der Waals surface area contributed by atoms with Crippen LogP contribution in [0.3, 0.4) is 0 Å². The predicted molar refractivity (Wildman–Crippen MR) is 113 cm³/mol. The van der Waals surface area contributed by atoms with Crippen LogP contribution < -0.4 is 10.9 Å². The van der Waals surface area contributed by atoms with E-state index in [4.69, 9.17) is 0 Å². The lowest BCUT2D eigenvalue weighted by molar-refractivity contribution is -0.119. The highest BCUT2D eigenvalue weighted by Crippen LogP contribution is 2.27. The lowest BCUT2D eigenvalue weighted by Crippen LogP contribution is -2.42. The minimum Gasteiger partial charge on any atom is -0.272 e. The first-order valence-corrected chi connectivity index (χ1v) is 10.1. The van der Waals surface area contributed by atoms with Gasteiger partial charge >= 0.3 is 0 Å². The van der Waals surface area contributed by atoms with Crippen molar-refractivity contribution in [1.82, 2.24) is 40.6 Å². The Morgan fingerprint density at radius 1 is 0.903 bits per heavy atom. The van der Waals surface area contributed by atoms with Gasteiger partial charge in [-0.2, -0.15) is 0 Å². The van der Waals surface area contributed by atoms with Gasteiger partial charge in [0.25, 0.3) is 5.91 Å². The normalized spacial score (nSPS) is 10.5. The third-order valence-corrected chi connectivity index (χ3v) is 4.94. The minimum atomic E-state index is -0.558. The summed E-state index contributed by atoms with van der Waals surface area (Å²) in [5, 5.41) is 9.06. The third kappa shape index (κ3) is 4.90. The van der Waals surface area contributed by atoms with Crippen LogP contribution in [0.5, 0.6) is 0 Å². The highest BCUT2D eigenvalue weighted by Gasteiger charge is 2.17. The average molecular weight is 432 g/mol. The summed E-state index contributed by atoms with van der Waals surface area (Å²) in [6.07, 6.45) is 7.53. The van der Waals surface area contributed by atoms with Gasteiger partial charge in [-0.3, -0.25) is 35.0 Å². The minimum absolute atomic E-state index is 0.0127. The maximum Gasteiger partial charge on any atom is 0.289 e. The van der Waals surface area contributed by atoms with Crippen molar-refractivity contribution < 1.29 is 9.59 Å². The van der Waals surface area contributed by atoms with E-state index in [-0.39, 0.29) is 11.4 Å². The van der Waals surface area contributed by atoms with Crippen LogP contribution in [-0.2, 0) is 4.79 Å². The predicted octanol–water partition coefficient (Wildman–Crippen LogP) is 1.67. The molecule has 10 nitrogen and oxygen atoms in total. The molecule has 0 atom stereocenters. The molecule has 4 rings (SSSR count). The van der Waals surface area contributed by atoms with Crippen molar-refractivity contribution in [2.75, 3.05) is 5.75 Å². The largest absolute Gasteiger partial charge is 0.289 e. The molecule has 0 aliphatic carbocycles. The lowest BCUT2D eigenvalue weighted by atomic mass is 10.2. The Balaban J connectivity index is 1.47. The monoisotopic (exact) mass is 432 g/mol. The molecule has 4 aromatic rings. The number of nitrogens with one attached hydrogen (secondary N) is 2. The molecule has 0 saturated carbocycles. The Morgan fingerprint density at radius 2 is 1.74 bits per heavy atom. The third-order valence-electron chi connectivity index (χ3n) is 4.01. The van der Waals surface area contributed by atoms with Gasteiger partial charge in [-0.25, -0.2) is 4.98 Å². The van der Waals surface area contributed by atoms with Gasteiger partial charge in [0.2, 0.25) is 5.91 Å². The van der Waals surface area contributed by atoms with E-state index in [9.17, 15) is 9.59 Å². The van der Waals surface area contributed by atoms with Gasteiger partial charge in [-0.05, 0) is 24.3 Å². The molecule has 3 heterocycles. The molecular formula is C20H16N8O2S. The van der Waals surface area contributed by atoms with Crippen LogP contribution >= 0.6 is 11.8 Å². The van der Waals surface area contributed by atoms with Crippen LogP contribution in [0.4, 0.5) is 0 Å². The Kier molecular flexibility index (Phi) is 6.24. The maximum atomic E-state index is 12.2. The molecule has 0 unspecified atom stereocenters. The number of thioether (sulfide) groups is 1. The van der Waals surface area contributed by atoms with E-state index in [0.29, 0.717) is 11.0 Å². The number of amides is 2. The summed E-state index contributed by atoms with van der Waals surface area (Å²) in [7, 11) is 0.